The van der Waals surface area contributed by atoms with Gasteiger partial charge in [0, 0.05) is 17.7 Å². The van der Waals surface area contributed by atoms with Crippen molar-refractivity contribution in [1.29, 1.82) is 0 Å². The second-order valence-corrected chi connectivity index (χ2v) is 7.09. The number of hydrogen-bond donors (Lipinski definition) is 1. The number of likely N-dealkylation sites (tertiary alicyclic amines) is 1. The van der Waals surface area contributed by atoms with Gasteiger partial charge in [0.05, 0.1) is 12.2 Å². The number of carbonyl (C=O) groups excluding carboxylic acids is 1. The van der Waals surface area contributed by atoms with Crippen molar-refractivity contribution in [2.45, 2.75) is 25.8 Å². The van der Waals surface area contributed by atoms with Crippen LogP contribution in [0.3, 0.4) is 0 Å². The highest BCUT2D eigenvalue weighted by atomic mass is 16.5. The number of amides is 1. The lowest BCUT2D eigenvalue weighted by molar-refractivity contribution is 0.101. The highest BCUT2D eigenvalue weighted by Crippen LogP contribution is 2.25. The van der Waals surface area contributed by atoms with Crippen molar-refractivity contribution in [1.82, 2.24) is 19.8 Å². The standard InChI is InChI=1S/C20H23N5O2/c1-14-3-5-15(6-4-14)18-13-17(23-27-18)20(26)22-19-7-10-21-25(19)16-8-11-24(2)12-9-16/h3-7,10,13,16H,8-9,11-12H2,1-2H3,(H,22,26). The van der Waals surface area contributed by atoms with Gasteiger partial charge in [-0.3, -0.25) is 4.79 Å². The smallest absolute Gasteiger partial charge is 0.279 e. The van der Waals surface area contributed by atoms with Crippen molar-refractivity contribution in [2.75, 3.05) is 25.5 Å². The van der Waals surface area contributed by atoms with E-state index >= 15 is 0 Å². The van der Waals surface area contributed by atoms with Gasteiger partial charge in [0.25, 0.3) is 5.91 Å². The molecule has 4 rings (SSSR count). The Morgan fingerprint density at radius 2 is 1.93 bits per heavy atom. The zero-order chi connectivity index (χ0) is 18.8. The summed E-state index contributed by atoms with van der Waals surface area (Å²) in [6.45, 7) is 4.08. The van der Waals surface area contributed by atoms with E-state index in [1.165, 1.54) is 5.56 Å². The summed E-state index contributed by atoms with van der Waals surface area (Å²) in [5.41, 5.74) is 2.31. The first-order chi connectivity index (χ1) is 13.1. The largest absolute Gasteiger partial charge is 0.355 e. The Morgan fingerprint density at radius 3 is 2.67 bits per heavy atom. The molecule has 7 nitrogen and oxygen atoms in total. The second-order valence-electron chi connectivity index (χ2n) is 7.09. The lowest BCUT2D eigenvalue weighted by Gasteiger charge is -2.29. The van der Waals surface area contributed by atoms with Crippen molar-refractivity contribution >= 4 is 11.7 Å². The van der Waals surface area contributed by atoms with Crippen molar-refractivity contribution in [3.05, 3.63) is 53.9 Å². The predicted octanol–water partition coefficient (Wildman–Crippen LogP) is 3.37. The highest BCUT2D eigenvalue weighted by molar-refractivity contribution is 6.02. The Morgan fingerprint density at radius 1 is 1.19 bits per heavy atom. The summed E-state index contributed by atoms with van der Waals surface area (Å²) in [7, 11) is 2.12. The molecule has 1 aliphatic rings. The maximum atomic E-state index is 12.6. The van der Waals surface area contributed by atoms with Gasteiger partial charge in [-0.1, -0.05) is 35.0 Å². The molecule has 1 N–H and O–H groups in total. The number of nitrogens with one attached hydrogen (secondary N) is 1. The van der Waals surface area contributed by atoms with Crippen molar-refractivity contribution in [2.24, 2.45) is 0 Å². The molecule has 1 amide bonds. The molecule has 3 aromatic rings. The molecule has 3 heterocycles. The molecule has 0 radical (unpaired) electrons. The molecule has 0 bridgehead atoms. The van der Waals surface area contributed by atoms with E-state index in [-0.39, 0.29) is 11.6 Å². The van der Waals surface area contributed by atoms with Gasteiger partial charge in [-0.05, 0) is 39.9 Å². The van der Waals surface area contributed by atoms with Crippen LogP contribution in [0.4, 0.5) is 5.82 Å². The fraction of sp³-hybridized carbons (Fsp3) is 0.350. The van der Waals surface area contributed by atoms with Crippen LogP contribution in [0, 0.1) is 6.92 Å². The summed E-state index contributed by atoms with van der Waals surface area (Å²) >= 11 is 0. The van der Waals surface area contributed by atoms with E-state index in [4.69, 9.17) is 4.52 Å². The second kappa shape index (κ2) is 7.36. The van der Waals surface area contributed by atoms with E-state index in [0.29, 0.717) is 17.6 Å². The first-order valence-corrected chi connectivity index (χ1v) is 9.17. The number of carbonyl (C=O) groups is 1. The lowest BCUT2D eigenvalue weighted by atomic mass is 10.1. The molecular weight excluding hydrogens is 342 g/mol. The van der Waals surface area contributed by atoms with Crippen LogP contribution in [-0.2, 0) is 0 Å². The fourth-order valence-corrected chi connectivity index (χ4v) is 3.36. The summed E-state index contributed by atoms with van der Waals surface area (Å²) in [6, 6.07) is 11.7. The minimum absolute atomic E-state index is 0.252. The van der Waals surface area contributed by atoms with Gasteiger partial charge >= 0.3 is 0 Å². The van der Waals surface area contributed by atoms with Crippen molar-refractivity contribution in [3.63, 3.8) is 0 Å². The van der Waals surface area contributed by atoms with Crippen LogP contribution in [0.2, 0.25) is 0 Å². The first-order valence-electron chi connectivity index (χ1n) is 9.17. The molecule has 0 aliphatic carbocycles. The third-order valence-corrected chi connectivity index (χ3v) is 5.02. The molecule has 0 unspecified atom stereocenters. The molecule has 140 valence electrons. The van der Waals surface area contributed by atoms with Gasteiger partial charge in [0.15, 0.2) is 11.5 Å². The van der Waals surface area contributed by atoms with Crippen LogP contribution in [-0.4, -0.2) is 45.9 Å². The van der Waals surface area contributed by atoms with E-state index in [1.807, 2.05) is 41.9 Å². The maximum Gasteiger partial charge on any atom is 0.279 e. The number of hydrogen-bond acceptors (Lipinski definition) is 5. The van der Waals surface area contributed by atoms with E-state index in [9.17, 15) is 4.79 Å². The van der Waals surface area contributed by atoms with Crippen molar-refractivity contribution in [3.8, 4) is 11.3 Å². The third-order valence-electron chi connectivity index (χ3n) is 5.02. The van der Waals surface area contributed by atoms with Gasteiger partial charge in [-0.2, -0.15) is 5.10 Å². The summed E-state index contributed by atoms with van der Waals surface area (Å²) in [6.07, 6.45) is 3.75. The quantitative estimate of drug-likeness (QED) is 0.767. The molecule has 1 aliphatic heterocycles. The van der Waals surface area contributed by atoms with E-state index in [1.54, 1.807) is 12.3 Å². The molecule has 1 saturated heterocycles. The number of aryl methyl sites for hydroxylation is 1. The zero-order valence-electron chi connectivity index (χ0n) is 15.6. The molecule has 1 aromatic carbocycles. The SMILES string of the molecule is Cc1ccc(-c2cc(C(=O)Nc3ccnn3C3CCN(C)CC3)no2)cc1. The third kappa shape index (κ3) is 3.78. The van der Waals surface area contributed by atoms with E-state index < -0.39 is 0 Å². The highest BCUT2D eigenvalue weighted by Gasteiger charge is 2.22. The lowest BCUT2D eigenvalue weighted by Crippen LogP contribution is -2.32. The monoisotopic (exact) mass is 365 g/mol. The van der Waals surface area contributed by atoms with Gasteiger partial charge < -0.3 is 14.7 Å². The number of aromatic nitrogens is 3. The zero-order valence-corrected chi connectivity index (χ0v) is 15.6. The molecule has 0 atom stereocenters. The number of anilines is 1. The molecule has 2 aromatic heterocycles. The Hall–Kier alpha value is -2.93. The molecule has 7 heteroatoms. The molecule has 0 spiro atoms. The van der Waals surface area contributed by atoms with Crippen LogP contribution < -0.4 is 5.32 Å². The number of rotatable bonds is 4. The summed E-state index contributed by atoms with van der Waals surface area (Å²) in [5, 5.41) is 11.3. The van der Waals surface area contributed by atoms with Gasteiger partial charge in [-0.15, -0.1) is 0 Å². The summed E-state index contributed by atoms with van der Waals surface area (Å²) in [5.74, 6) is 0.963. The maximum absolute atomic E-state index is 12.6. The number of piperidine rings is 1. The average molecular weight is 365 g/mol. The van der Waals surface area contributed by atoms with Crippen molar-refractivity contribution < 1.29 is 9.32 Å². The van der Waals surface area contributed by atoms with Gasteiger partial charge in [0.2, 0.25) is 0 Å². The molecule has 1 fully saturated rings. The van der Waals surface area contributed by atoms with E-state index in [0.717, 1.165) is 31.5 Å². The summed E-state index contributed by atoms with van der Waals surface area (Å²) < 4.78 is 7.26. The molecule has 0 saturated carbocycles. The van der Waals surface area contributed by atoms with Gasteiger partial charge in [-0.25, -0.2) is 4.68 Å². The average Bonchev–Trinajstić information content (AvgIpc) is 3.33. The van der Waals surface area contributed by atoms with E-state index in [2.05, 4.69) is 27.5 Å². The predicted molar refractivity (Wildman–Crippen MR) is 103 cm³/mol. The van der Waals surface area contributed by atoms with Crippen LogP contribution in [0.15, 0.2) is 47.1 Å². The van der Waals surface area contributed by atoms with Crippen LogP contribution in [0.25, 0.3) is 11.3 Å². The molecule has 27 heavy (non-hydrogen) atoms. The minimum Gasteiger partial charge on any atom is -0.355 e. The Bertz CT molecular complexity index is 920. The first kappa shape index (κ1) is 17.5. The van der Waals surface area contributed by atoms with Gasteiger partial charge in [0.1, 0.15) is 5.82 Å². The fourth-order valence-electron chi connectivity index (χ4n) is 3.36. The normalized spacial score (nSPS) is 15.8. The number of benzene rings is 1. The molecular formula is C20H23N5O2. The van der Waals surface area contributed by atoms with Crippen LogP contribution in [0.1, 0.15) is 34.9 Å². The Kier molecular flexibility index (Phi) is 4.77. The minimum atomic E-state index is -0.299. The number of nitrogens with zero attached hydrogens (tertiary/aromatic N) is 4. The Labute approximate surface area is 158 Å². The topological polar surface area (TPSA) is 76.2 Å². The Balaban J connectivity index is 1.47. The van der Waals surface area contributed by atoms with Crippen LogP contribution in [0.5, 0.6) is 0 Å². The van der Waals surface area contributed by atoms with Crippen LogP contribution >= 0.6 is 0 Å². The summed E-state index contributed by atoms with van der Waals surface area (Å²) in [4.78, 5) is 14.9.